The molecule has 1 aromatic heterocycles. The molecule has 32 heavy (non-hydrogen) atoms. The van der Waals surface area contributed by atoms with Gasteiger partial charge in [-0.2, -0.15) is 5.10 Å². The molecule has 0 aliphatic heterocycles. The Morgan fingerprint density at radius 1 is 1.12 bits per heavy atom. The predicted octanol–water partition coefficient (Wildman–Crippen LogP) is 4.60. The lowest BCUT2D eigenvalue weighted by atomic mass is 9.87. The van der Waals surface area contributed by atoms with Crippen molar-refractivity contribution in [1.29, 1.82) is 0 Å². The van der Waals surface area contributed by atoms with Crippen molar-refractivity contribution < 1.29 is 9.90 Å². The molecule has 0 radical (unpaired) electrons. The van der Waals surface area contributed by atoms with Crippen molar-refractivity contribution in [3.63, 3.8) is 0 Å². The molecular formula is C24H29N5O2S. The fourth-order valence-electron chi connectivity index (χ4n) is 3.16. The van der Waals surface area contributed by atoms with E-state index in [0.29, 0.717) is 23.0 Å². The van der Waals surface area contributed by atoms with Crippen LogP contribution in [0.3, 0.4) is 0 Å². The molecule has 2 N–H and O–H groups in total. The van der Waals surface area contributed by atoms with Gasteiger partial charge in [0.15, 0.2) is 11.0 Å². The molecule has 1 amide bonds. The van der Waals surface area contributed by atoms with E-state index in [1.54, 1.807) is 31.2 Å². The molecule has 0 aliphatic rings. The van der Waals surface area contributed by atoms with Crippen LogP contribution in [0.2, 0.25) is 0 Å². The third kappa shape index (κ3) is 5.56. The van der Waals surface area contributed by atoms with Crippen LogP contribution in [-0.4, -0.2) is 37.2 Å². The Hall–Kier alpha value is -3.13. The standard InChI is InChI=1S/C24H29N5O2S/c1-6-29-22(17-11-13-18(14-12-17)24(3,4)5)27-28-23(29)32-15-21(31)26-25-16(2)19-9-7-8-10-20(19)30/h7-14,30H,6,15H2,1-5H3,(H,26,31)/b25-16-. The molecule has 0 saturated heterocycles. The number of nitrogens with zero attached hydrogens (tertiary/aromatic N) is 4. The van der Waals surface area contributed by atoms with E-state index in [2.05, 4.69) is 65.8 Å². The molecule has 2 aromatic carbocycles. The Kier molecular flexibility index (Phi) is 7.35. The monoisotopic (exact) mass is 451 g/mol. The number of carbonyl (C=O) groups is 1. The molecule has 0 fully saturated rings. The molecule has 0 spiro atoms. The van der Waals surface area contributed by atoms with E-state index < -0.39 is 0 Å². The van der Waals surface area contributed by atoms with Crippen LogP contribution in [0.25, 0.3) is 11.4 Å². The van der Waals surface area contributed by atoms with E-state index in [0.717, 1.165) is 11.4 Å². The maximum Gasteiger partial charge on any atom is 0.250 e. The Bertz CT molecular complexity index is 1110. The first-order chi connectivity index (χ1) is 15.2. The van der Waals surface area contributed by atoms with Crippen molar-refractivity contribution in [2.75, 3.05) is 5.75 Å². The first kappa shape index (κ1) is 23.5. The highest BCUT2D eigenvalue weighted by molar-refractivity contribution is 7.99. The quantitative estimate of drug-likeness (QED) is 0.311. The summed E-state index contributed by atoms with van der Waals surface area (Å²) >= 11 is 1.31. The number of amides is 1. The van der Waals surface area contributed by atoms with Gasteiger partial charge in [0, 0.05) is 17.7 Å². The summed E-state index contributed by atoms with van der Waals surface area (Å²) in [5.41, 5.74) is 5.98. The number of thioether (sulfide) groups is 1. The number of aromatic nitrogens is 3. The largest absolute Gasteiger partial charge is 0.507 e. The Morgan fingerprint density at radius 3 is 2.44 bits per heavy atom. The minimum absolute atomic E-state index is 0.0887. The average Bonchev–Trinajstić information content (AvgIpc) is 3.18. The van der Waals surface area contributed by atoms with Crippen molar-refractivity contribution in [3.8, 4) is 17.1 Å². The van der Waals surface area contributed by atoms with Gasteiger partial charge < -0.3 is 9.67 Å². The first-order valence-electron chi connectivity index (χ1n) is 10.5. The Morgan fingerprint density at radius 2 is 1.81 bits per heavy atom. The van der Waals surface area contributed by atoms with Gasteiger partial charge in [0.05, 0.1) is 11.5 Å². The van der Waals surface area contributed by atoms with Gasteiger partial charge in [-0.25, -0.2) is 5.43 Å². The SMILES string of the molecule is CCn1c(SCC(=O)N/N=C(/C)c2ccccc2O)nnc1-c1ccc(C(C)(C)C)cc1. The summed E-state index contributed by atoms with van der Waals surface area (Å²) in [5.74, 6) is 0.797. The van der Waals surface area contributed by atoms with E-state index in [1.165, 1.54) is 17.3 Å². The number of phenols is 1. The molecular weight excluding hydrogens is 422 g/mol. The van der Waals surface area contributed by atoms with Gasteiger partial charge in [0.25, 0.3) is 5.91 Å². The highest BCUT2D eigenvalue weighted by Gasteiger charge is 2.17. The van der Waals surface area contributed by atoms with E-state index in [9.17, 15) is 9.90 Å². The summed E-state index contributed by atoms with van der Waals surface area (Å²) in [6.07, 6.45) is 0. The van der Waals surface area contributed by atoms with Crippen molar-refractivity contribution in [3.05, 3.63) is 59.7 Å². The maximum absolute atomic E-state index is 12.3. The average molecular weight is 452 g/mol. The van der Waals surface area contributed by atoms with Crippen LogP contribution in [0.1, 0.15) is 45.7 Å². The molecule has 7 nitrogen and oxygen atoms in total. The molecule has 0 unspecified atom stereocenters. The van der Waals surface area contributed by atoms with Gasteiger partial charge >= 0.3 is 0 Å². The van der Waals surface area contributed by atoms with Crippen LogP contribution < -0.4 is 5.43 Å². The lowest BCUT2D eigenvalue weighted by Crippen LogP contribution is -2.21. The van der Waals surface area contributed by atoms with Crippen LogP contribution >= 0.6 is 11.8 Å². The van der Waals surface area contributed by atoms with Gasteiger partial charge in [-0.1, -0.05) is 68.9 Å². The molecule has 1 heterocycles. The number of aromatic hydroxyl groups is 1. The fraction of sp³-hybridized carbons (Fsp3) is 0.333. The number of carbonyl (C=O) groups excluding carboxylic acids is 1. The maximum atomic E-state index is 12.3. The van der Waals surface area contributed by atoms with Gasteiger partial charge in [-0.05, 0) is 37.0 Å². The normalized spacial score (nSPS) is 12.1. The number of nitrogens with one attached hydrogen (secondary N) is 1. The smallest absolute Gasteiger partial charge is 0.250 e. The van der Waals surface area contributed by atoms with Gasteiger partial charge in [-0.15, -0.1) is 10.2 Å². The zero-order valence-electron chi connectivity index (χ0n) is 19.1. The van der Waals surface area contributed by atoms with Gasteiger partial charge in [0.1, 0.15) is 5.75 Å². The van der Waals surface area contributed by atoms with Gasteiger partial charge in [-0.3, -0.25) is 4.79 Å². The number of hydrogen-bond donors (Lipinski definition) is 2. The topological polar surface area (TPSA) is 92.4 Å². The zero-order chi connectivity index (χ0) is 23.3. The van der Waals surface area contributed by atoms with Gasteiger partial charge in [0.2, 0.25) is 0 Å². The van der Waals surface area contributed by atoms with E-state index in [1.807, 2.05) is 11.5 Å². The molecule has 0 aliphatic carbocycles. The van der Waals surface area contributed by atoms with Crippen LogP contribution in [0.15, 0.2) is 58.8 Å². The second-order valence-corrected chi connectivity index (χ2v) is 9.36. The molecule has 0 bridgehead atoms. The van der Waals surface area contributed by atoms with Crippen molar-refractivity contribution in [1.82, 2.24) is 20.2 Å². The van der Waals surface area contributed by atoms with Crippen LogP contribution in [-0.2, 0) is 16.8 Å². The molecule has 168 valence electrons. The molecule has 8 heteroatoms. The molecule has 0 atom stereocenters. The van der Waals surface area contributed by atoms with Crippen molar-refractivity contribution in [2.45, 2.75) is 51.7 Å². The second-order valence-electron chi connectivity index (χ2n) is 8.42. The summed E-state index contributed by atoms with van der Waals surface area (Å²) in [4.78, 5) is 12.3. The molecule has 0 saturated carbocycles. The lowest BCUT2D eigenvalue weighted by molar-refractivity contribution is -0.118. The summed E-state index contributed by atoms with van der Waals surface area (Å²) in [6.45, 7) is 11.0. The minimum atomic E-state index is -0.258. The summed E-state index contributed by atoms with van der Waals surface area (Å²) in [7, 11) is 0. The van der Waals surface area contributed by atoms with Crippen molar-refractivity contribution in [2.24, 2.45) is 5.10 Å². The van der Waals surface area contributed by atoms with E-state index in [-0.39, 0.29) is 22.8 Å². The Labute approximate surface area is 193 Å². The van der Waals surface area contributed by atoms with Crippen LogP contribution in [0.5, 0.6) is 5.75 Å². The van der Waals surface area contributed by atoms with Crippen LogP contribution in [0, 0.1) is 0 Å². The number of hydrogen-bond acceptors (Lipinski definition) is 6. The second kappa shape index (κ2) is 9.99. The number of hydrazone groups is 1. The fourth-order valence-corrected chi connectivity index (χ4v) is 3.96. The number of para-hydroxylation sites is 1. The Balaban J connectivity index is 1.66. The van der Waals surface area contributed by atoms with E-state index >= 15 is 0 Å². The number of rotatable bonds is 7. The summed E-state index contributed by atoms with van der Waals surface area (Å²) in [5, 5.41) is 23.3. The third-order valence-electron chi connectivity index (χ3n) is 5.02. The zero-order valence-corrected chi connectivity index (χ0v) is 19.9. The number of phenolic OH excluding ortho intramolecular Hbond substituents is 1. The molecule has 3 aromatic rings. The van der Waals surface area contributed by atoms with Crippen molar-refractivity contribution >= 4 is 23.4 Å². The van der Waals surface area contributed by atoms with E-state index in [4.69, 9.17) is 0 Å². The first-order valence-corrected chi connectivity index (χ1v) is 11.5. The van der Waals surface area contributed by atoms with Crippen LogP contribution in [0.4, 0.5) is 0 Å². The summed E-state index contributed by atoms with van der Waals surface area (Å²) < 4.78 is 2.00. The molecule has 3 rings (SSSR count). The minimum Gasteiger partial charge on any atom is -0.507 e. The highest BCUT2D eigenvalue weighted by atomic mass is 32.2. The highest BCUT2D eigenvalue weighted by Crippen LogP contribution is 2.27. The third-order valence-corrected chi connectivity index (χ3v) is 5.98. The number of benzene rings is 2. The summed E-state index contributed by atoms with van der Waals surface area (Å²) in [6, 6.07) is 15.2. The lowest BCUT2D eigenvalue weighted by Gasteiger charge is -2.19. The predicted molar refractivity (Wildman–Crippen MR) is 129 cm³/mol.